The van der Waals surface area contributed by atoms with Gasteiger partial charge in [-0.25, -0.2) is 0 Å². The smallest absolute Gasteiger partial charge is 0.406 e. The summed E-state index contributed by atoms with van der Waals surface area (Å²) in [6.07, 6.45) is -4.67. The first-order valence-electron chi connectivity index (χ1n) is 4.34. The van der Waals surface area contributed by atoms with Crippen LogP contribution < -0.4 is 10.5 Å². The van der Waals surface area contributed by atoms with Crippen LogP contribution in [0.25, 0.3) is 0 Å². The molecule has 1 aromatic rings. The van der Waals surface area contributed by atoms with Gasteiger partial charge in [0.05, 0.1) is 0 Å². The molecule has 0 amide bonds. The molecule has 0 aliphatic heterocycles. The minimum Gasteiger partial charge on any atom is -0.406 e. The highest BCUT2D eigenvalue weighted by Gasteiger charge is 2.31. The van der Waals surface area contributed by atoms with Crippen LogP contribution in [0.15, 0.2) is 24.3 Å². The molecular formula is C10H13ClF3NO. The maximum absolute atomic E-state index is 11.9. The molecular weight excluding hydrogens is 243 g/mol. The van der Waals surface area contributed by atoms with Crippen LogP contribution >= 0.6 is 12.4 Å². The van der Waals surface area contributed by atoms with E-state index in [-0.39, 0.29) is 18.2 Å². The number of benzene rings is 1. The lowest BCUT2D eigenvalue weighted by Gasteiger charge is -2.20. The standard InChI is InChI=1S/C10H12F3NO.ClH/c1-9(2,14)7-4-3-5-8(6-7)15-10(11,12)13;/h3-6H,14H2,1-2H3;1H. The summed E-state index contributed by atoms with van der Waals surface area (Å²) < 4.78 is 39.5. The Hall–Kier alpha value is -0.940. The molecule has 0 aliphatic carbocycles. The second-order valence-corrected chi connectivity index (χ2v) is 3.80. The summed E-state index contributed by atoms with van der Waals surface area (Å²) in [6, 6.07) is 5.66. The van der Waals surface area contributed by atoms with Crippen molar-refractivity contribution in [2.45, 2.75) is 25.7 Å². The van der Waals surface area contributed by atoms with E-state index in [0.717, 1.165) is 0 Å². The normalized spacial score (nSPS) is 11.9. The van der Waals surface area contributed by atoms with Crippen LogP contribution in [0.2, 0.25) is 0 Å². The maximum Gasteiger partial charge on any atom is 0.573 e. The minimum atomic E-state index is -4.67. The topological polar surface area (TPSA) is 35.2 Å². The molecule has 0 radical (unpaired) electrons. The first-order chi connectivity index (χ1) is 6.68. The van der Waals surface area contributed by atoms with E-state index in [9.17, 15) is 13.2 Å². The minimum absolute atomic E-state index is 0. The molecule has 0 saturated carbocycles. The van der Waals surface area contributed by atoms with Crippen LogP contribution in [0.1, 0.15) is 19.4 Å². The van der Waals surface area contributed by atoms with Gasteiger partial charge in [0.2, 0.25) is 0 Å². The van der Waals surface area contributed by atoms with E-state index < -0.39 is 11.9 Å². The zero-order chi connectivity index (χ0) is 11.7. The molecule has 0 heterocycles. The van der Waals surface area contributed by atoms with Crippen molar-refractivity contribution in [1.29, 1.82) is 0 Å². The Balaban J connectivity index is 0.00000225. The Morgan fingerprint density at radius 1 is 1.19 bits per heavy atom. The third-order valence-corrected chi connectivity index (χ3v) is 1.81. The zero-order valence-electron chi connectivity index (χ0n) is 8.84. The van der Waals surface area contributed by atoms with Crippen molar-refractivity contribution in [3.63, 3.8) is 0 Å². The largest absolute Gasteiger partial charge is 0.573 e. The fraction of sp³-hybridized carbons (Fsp3) is 0.400. The predicted molar refractivity (Wildman–Crippen MR) is 57.6 cm³/mol. The lowest BCUT2D eigenvalue weighted by atomic mass is 9.96. The highest BCUT2D eigenvalue weighted by molar-refractivity contribution is 5.85. The van der Waals surface area contributed by atoms with Gasteiger partial charge in [-0.2, -0.15) is 0 Å². The number of hydrogen-bond acceptors (Lipinski definition) is 2. The number of hydrogen-bond donors (Lipinski definition) is 1. The van der Waals surface area contributed by atoms with Crippen molar-refractivity contribution in [3.05, 3.63) is 29.8 Å². The second-order valence-electron chi connectivity index (χ2n) is 3.80. The van der Waals surface area contributed by atoms with Crippen molar-refractivity contribution >= 4 is 12.4 Å². The number of nitrogens with two attached hydrogens (primary N) is 1. The van der Waals surface area contributed by atoms with E-state index in [4.69, 9.17) is 5.73 Å². The van der Waals surface area contributed by atoms with E-state index in [1.54, 1.807) is 19.9 Å². The molecule has 6 heteroatoms. The van der Waals surface area contributed by atoms with Gasteiger partial charge in [0.25, 0.3) is 0 Å². The Morgan fingerprint density at radius 3 is 2.19 bits per heavy atom. The van der Waals surface area contributed by atoms with Crippen molar-refractivity contribution < 1.29 is 17.9 Å². The molecule has 92 valence electrons. The SMILES string of the molecule is CC(C)(N)c1cccc(OC(F)(F)F)c1.Cl. The summed E-state index contributed by atoms with van der Waals surface area (Å²) in [7, 11) is 0. The van der Waals surface area contributed by atoms with Gasteiger partial charge in [-0.3, -0.25) is 0 Å². The molecule has 2 nitrogen and oxygen atoms in total. The summed E-state index contributed by atoms with van der Waals surface area (Å²) in [5, 5.41) is 0. The number of halogens is 4. The monoisotopic (exact) mass is 255 g/mol. The van der Waals surface area contributed by atoms with Crippen LogP contribution in [-0.4, -0.2) is 6.36 Å². The van der Waals surface area contributed by atoms with Gasteiger partial charge in [-0.1, -0.05) is 12.1 Å². The third-order valence-electron chi connectivity index (χ3n) is 1.81. The lowest BCUT2D eigenvalue weighted by molar-refractivity contribution is -0.274. The second kappa shape index (κ2) is 4.93. The first-order valence-corrected chi connectivity index (χ1v) is 4.34. The number of alkyl halides is 3. The molecule has 0 unspecified atom stereocenters. The first kappa shape index (κ1) is 15.1. The molecule has 16 heavy (non-hydrogen) atoms. The van der Waals surface area contributed by atoms with Gasteiger partial charge in [0.15, 0.2) is 0 Å². The van der Waals surface area contributed by atoms with Gasteiger partial charge in [-0.05, 0) is 31.5 Å². The summed E-state index contributed by atoms with van der Waals surface area (Å²) in [5.74, 6) is -0.251. The predicted octanol–water partition coefficient (Wildman–Crippen LogP) is 3.20. The van der Waals surface area contributed by atoms with Crippen molar-refractivity contribution in [2.75, 3.05) is 0 Å². The van der Waals surface area contributed by atoms with Crippen LogP contribution in [0.3, 0.4) is 0 Å². The zero-order valence-corrected chi connectivity index (χ0v) is 9.65. The molecule has 0 spiro atoms. The molecule has 0 atom stereocenters. The quantitative estimate of drug-likeness (QED) is 0.881. The maximum atomic E-state index is 11.9. The van der Waals surface area contributed by atoms with Gasteiger partial charge < -0.3 is 10.5 Å². The average Bonchev–Trinajstić information content (AvgIpc) is 1.99. The van der Waals surface area contributed by atoms with E-state index in [0.29, 0.717) is 5.56 Å². The van der Waals surface area contributed by atoms with E-state index in [1.165, 1.54) is 18.2 Å². The van der Waals surface area contributed by atoms with Crippen LogP contribution in [0.4, 0.5) is 13.2 Å². The lowest BCUT2D eigenvalue weighted by Crippen LogP contribution is -2.28. The Labute approximate surface area is 98.0 Å². The average molecular weight is 256 g/mol. The molecule has 1 rings (SSSR count). The molecule has 0 bridgehead atoms. The Kier molecular flexibility index (Phi) is 4.64. The van der Waals surface area contributed by atoms with E-state index >= 15 is 0 Å². The van der Waals surface area contributed by atoms with Gasteiger partial charge >= 0.3 is 6.36 Å². The van der Waals surface area contributed by atoms with Crippen molar-refractivity contribution in [1.82, 2.24) is 0 Å². The van der Waals surface area contributed by atoms with Crippen LogP contribution in [0.5, 0.6) is 5.75 Å². The van der Waals surface area contributed by atoms with E-state index in [2.05, 4.69) is 4.74 Å². The summed E-state index contributed by atoms with van der Waals surface area (Å²) in [4.78, 5) is 0. The fourth-order valence-electron chi connectivity index (χ4n) is 1.09. The molecule has 0 saturated heterocycles. The van der Waals surface area contributed by atoms with Crippen molar-refractivity contribution in [2.24, 2.45) is 5.73 Å². The summed E-state index contributed by atoms with van der Waals surface area (Å²) >= 11 is 0. The van der Waals surface area contributed by atoms with Gasteiger partial charge in [0, 0.05) is 5.54 Å². The third kappa shape index (κ3) is 4.72. The highest BCUT2D eigenvalue weighted by Crippen LogP contribution is 2.26. The van der Waals surface area contributed by atoms with Crippen LogP contribution in [-0.2, 0) is 5.54 Å². The fourth-order valence-corrected chi connectivity index (χ4v) is 1.09. The van der Waals surface area contributed by atoms with Gasteiger partial charge in [-0.15, -0.1) is 25.6 Å². The highest BCUT2D eigenvalue weighted by atomic mass is 35.5. The molecule has 1 aromatic carbocycles. The number of rotatable bonds is 2. The molecule has 0 aromatic heterocycles. The Bertz CT molecular complexity index is 347. The van der Waals surface area contributed by atoms with E-state index in [1.807, 2.05) is 0 Å². The van der Waals surface area contributed by atoms with Crippen LogP contribution in [0, 0.1) is 0 Å². The molecule has 0 fully saturated rings. The number of ether oxygens (including phenoxy) is 1. The van der Waals surface area contributed by atoms with Crippen molar-refractivity contribution in [3.8, 4) is 5.75 Å². The molecule has 2 N–H and O–H groups in total. The van der Waals surface area contributed by atoms with Gasteiger partial charge in [0.1, 0.15) is 5.75 Å². The summed E-state index contributed by atoms with van der Waals surface area (Å²) in [6.45, 7) is 3.42. The molecule has 0 aliphatic rings. The summed E-state index contributed by atoms with van der Waals surface area (Å²) in [5.41, 5.74) is 5.65. The Morgan fingerprint density at radius 2 is 1.75 bits per heavy atom.